The van der Waals surface area contributed by atoms with E-state index in [1.807, 2.05) is 0 Å². The molecular formula is C8H13Cl6O3P. The van der Waals surface area contributed by atoms with Gasteiger partial charge in [-0.3, -0.25) is 0 Å². The van der Waals surface area contributed by atoms with E-state index in [0.717, 1.165) is 0 Å². The van der Waals surface area contributed by atoms with Crippen LogP contribution in [0.4, 0.5) is 0 Å². The Labute approximate surface area is 138 Å². The number of rotatable bonds is 4. The lowest BCUT2D eigenvalue weighted by Crippen LogP contribution is -2.41. The average molecular weight is 401 g/mol. The van der Waals surface area contributed by atoms with E-state index in [-0.39, 0.29) is 0 Å². The van der Waals surface area contributed by atoms with E-state index in [0.29, 0.717) is 0 Å². The minimum atomic E-state index is -2.39. The van der Waals surface area contributed by atoms with Crippen molar-refractivity contribution in [2.24, 2.45) is 0 Å². The number of hydrogen-bond donors (Lipinski definition) is 1. The van der Waals surface area contributed by atoms with E-state index in [2.05, 4.69) is 0 Å². The molecule has 0 bridgehead atoms. The summed E-state index contributed by atoms with van der Waals surface area (Å²) < 4.78 is 6.83. The van der Waals surface area contributed by atoms with Gasteiger partial charge in [0.1, 0.15) is 11.2 Å². The fourth-order valence-corrected chi connectivity index (χ4v) is 2.16. The summed E-state index contributed by atoms with van der Waals surface area (Å²) in [5.41, 5.74) is -2.55. The topological polar surface area (TPSA) is 38.7 Å². The first kappa shape index (κ1) is 20.1. The van der Waals surface area contributed by atoms with Gasteiger partial charge in [0.2, 0.25) is 7.59 Å². The van der Waals surface area contributed by atoms with Gasteiger partial charge in [-0.15, -0.1) is 0 Å². The van der Waals surface area contributed by atoms with E-state index in [1.165, 1.54) is 27.7 Å². The molecule has 3 nitrogen and oxygen atoms in total. The highest BCUT2D eigenvalue weighted by Gasteiger charge is 2.48. The van der Waals surface area contributed by atoms with Gasteiger partial charge in [-0.05, 0) is 27.7 Å². The van der Waals surface area contributed by atoms with Crippen LogP contribution in [-0.4, -0.2) is 23.7 Å². The predicted molar refractivity (Wildman–Crippen MR) is 80.0 cm³/mol. The van der Waals surface area contributed by atoms with Crippen molar-refractivity contribution in [1.29, 1.82) is 0 Å². The van der Waals surface area contributed by atoms with Gasteiger partial charge in [0.05, 0.1) is 0 Å². The van der Waals surface area contributed by atoms with Gasteiger partial charge in [0.25, 0.3) is 0 Å². The molecule has 0 spiro atoms. The van der Waals surface area contributed by atoms with Gasteiger partial charge in [-0.1, -0.05) is 69.6 Å². The molecule has 110 valence electrons. The molecule has 0 rings (SSSR count). The van der Waals surface area contributed by atoms with Crippen LogP contribution in [0.3, 0.4) is 0 Å². The summed E-state index contributed by atoms with van der Waals surface area (Å²) in [4.78, 5) is 9.72. The summed E-state index contributed by atoms with van der Waals surface area (Å²) in [7, 11) is -2.39. The van der Waals surface area contributed by atoms with Crippen molar-refractivity contribution in [2.45, 2.75) is 46.5 Å². The third-order valence-electron chi connectivity index (χ3n) is 1.98. The average Bonchev–Trinajstić information content (AvgIpc) is 1.95. The molecule has 0 aromatic heterocycles. The Balaban J connectivity index is 4.69. The van der Waals surface area contributed by atoms with Crippen molar-refractivity contribution in [3.05, 3.63) is 0 Å². The van der Waals surface area contributed by atoms with Gasteiger partial charge in [-0.25, -0.2) is 0 Å². The lowest BCUT2D eigenvalue weighted by atomic mass is 10.2. The van der Waals surface area contributed by atoms with Gasteiger partial charge in [0, 0.05) is 0 Å². The van der Waals surface area contributed by atoms with Crippen LogP contribution in [0.2, 0.25) is 0 Å². The van der Waals surface area contributed by atoms with Gasteiger partial charge >= 0.3 is 8.60 Å². The Morgan fingerprint density at radius 2 is 0.944 bits per heavy atom. The largest absolute Gasteiger partial charge is 0.331 e. The quantitative estimate of drug-likeness (QED) is 0.497. The molecule has 0 saturated heterocycles. The van der Waals surface area contributed by atoms with Crippen molar-refractivity contribution < 1.29 is 13.9 Å². The molecule has 0 fully saturated rings. The maximum Gasteiger partial charge on any atom is 0.331 e. The molecule has 0 aliphatic carbocycles. The lowest BCUT2D eigenvalue weighted by Gasteiger charge is -2.37. The summed E-state index contributed by atoms with van der Waals surface area (Å²) in [6, 6.07) is 0. The van der Waals surface area contributed by atoms with Crippen LogP contribution < -0.4 is 0 Å². The van der Waals surface area contributed by atoms with Crippen LogP contribution in [0.5, 0.6) is 0 Å². The molecular weight excluding hydrogens is 388 g/mol. The van der Waals surface area contributed by atoms with Crippen molar-refractivity contribution >= 4 is 78.2 Å². The number of hydrogen-bond acceptors (Lipinski definition) is 3. The first-order chi connectivity index (χ1) is 7.60. The molecule has 18 heavy (non-hydrogen) atoms. The smallest absolute Gasteiger partial charge is 0.328 e. The van der Waals surface area contributed by atoms with E-state index >= 15 is 0 Å². The molecule has 0 aromatic rings. The molecule has 10 heteroatoms. The Morgan fingerprint density at radius 3 is 1.11 bits per heavy atom. The van der Waals surface area contributed by atoms with Crippen LogP contribution in [0, 0.1) is 0 Å². The van der Waals surface area contributed by atoms with Crippen LogP contribution in [0.1, 0.15) is 27.7 Å². The Bertz CT molecular complexity index is 258. The number of alkyl halides is 6. The van der Waals surface area contributed by atoms with E-state index in [4.69, 9.17) is 78.7 Å². The predicted octanol–water partition coefficient (Wildman–Crippen LogP) is 5.54. The van der Waals surface area contributed by atoms with Crippen molar-refractivity contribution in [3.63, 3.8) is 0 Å². The highest BCUT2D eigenvalue weighted by atomic mass is 35.6. The van der Waals surface area contributed by atoms with Crippen LogP contribution in [0.25, 0.3) is 0 Å². The Kier molecular flexibility index (Phi) is 7.17. The zero-order valence-electron chi connectivity index (χ0n) is 9.98. The zero-order chi connectivity index (χ0) is 15.0. The molecule has 0 aromatic carbocycles. The molecule has 1 N–H and O–H groups in total. The second-order valence-electron chi connectivity index (χ2n) is 4.44. The maximum absolute atomic E-state index is 9.72. The van der Waals surface area contributed by atoms with Crippen molar-refractivity contribution in [1.82, 2.24) is 0 Å². The van der Waals surface area contributed by atoms with Crippen LogP contribution >= 0.6 is 78.2 Å². The number of halogens is 6. The summed E-state index contributed by atoms with van der Waals surface area (Å²) >= 11 is 34.2. The molecule has 0 radical (unpaired) electrons. The molecule has 0 heterocycles. The third-order valence-corrected chi connectivity index (χ3v) is 5.93. The summed E-state index contributed by atoms with van der Waals surface area (Å²) in [5, 5.41) is 0. The highest BCUT2D eigenvalue weighted by Crippen LogP contribution is 2.53. The minimum Gasteiger partial charge on any atom is -0.328 e. The van der Waals surface area contributed by atoms with E-state index in [9.17, 15) is 4.89 Å². The van der Waals surface area contributed by atoms with Crippen molar-refractivity contribution in [3.8, 4) is 0 Å². The monoisotopic (exact) mass is 398 g/mol. The first-order valence-electron chi connectivity index (χ1n) is 4.61. The standard InChI is InChI=1S/C8H13Cl6O3P/c1-5(2,7(9,10)11)16-18(15)17-6(3,4)8(12,13)14/h15H,1-4H3. The molecule has 0 amide bonds. The zero-order valence-corrected chi connectivity index (χ0v) is 15.4. The van der Waals surface area contributed by atoms with Gasteiger partial charge < -0.3 is 13.9 Å². The van der Waals surface area contributed by atoms with Crippen molar-refractivity contribution in [2.75, 3.05) is 0 Å². The molecule has 0 unspecified atom stereocenters. The second kappa shape index (κ2) is 6.44. The minimum absolute atomic E-state index is 1.28. The Hall–Kier alpha value is 2.05. The summed E-state index contributed by atoms with van der Waals surface area (Å²) in [6.45, 7) is 5.93. The Morgan fingerprint density at radius 1 is 0.722 bits per heavy atom. The fourth-order valence-electron chi connectivity index (χ4n) is 0.513. The summed E-state index contributed by atoms with van der Waals surface area (Å²) in [5.74, 6) is 0. The summed E-state index contributed by atoms with van der Waals surface area (Å²) in [6.07, 6.45) is 0. The second-order valence-corrected chi connectivity index (χ2v) is 9.84. The fraction of sp³-hybridized carbons (Fsp3) is 1.00. The molecule has 0 saturated carbocycles. The maximum atomic E-state index is 9.72. The highest BCUT2D eigenvalue weighted by molar-refractivity contribution is 7.40. The first-order valence-corrected chi connectivity index (χ1v) is 8.01. The van der Waals surface area contributed by atoms with Crippen LogP contribution in [0.15, 0.2) is 0 Å². The van der Waals surface area contributed by atoms with Crippen LogP contribution in [-0.2, 0) is 9.05 Å². The third kappa shape index (κ3) is 5.81. The SMILES string of the molecule is CC(C)(OP(O)OC(C)(C)C(Cl)(Cl)Cl)C(Cl)(Cl)Cl. The molecule has 0 aliphatic rings. The molecule has 0 aliphatic heterocycles. The molecule has 0 atom stereocenters. The van der Waals surface area contributed by atoms with E-state index < -0.39 is 27.4 Å². The lowest BCUT2D eigenvalue weighted by molar-refractivity contribution is 0.0335. The normalized spacial score (nSPS) is 15.3. The van der Waals surface area contributed by atoms with E-state index in [1.54, 1.807) is 0 Å². The van der Waals surface area contributed by atoms with Gasteiger partial charge in [-0.2, -0.15) is 0 Å². The van der Waals surface area contributed by atoms with Gasteiger partial charge in [0.15, 0.2) is 0 Å².